The fraction of sp³-hybridized carbons (Fsp3) is 0.867. The molecule has 2 N–H and O–H groups in total. The van der Waals surface area contributed by atoms with Crippen LogP contribution in [0.1, 0.15) is 88.8 Å². The molecule has 1 fully saturated rings. The molecule has 0 amide bonds. The van der Waals surface area contributed by atoms with Crippen LogP contribution in [-0.2, 0) is 0 Å². The summed E-state index contributed by atoms with van der Waals surface area (Å²) in [6.45, 7) is 4.13. The quantitative estimate of drug-likeness (QED) is 0.900. The summed E-state index contributed by atoms with van der Waals surface area (Å²) in [5, 5.41) is 4.22. The predicted molar refractivity (Wildman–Crippen MR) is 76.0 cm³/mol. The molecule has 0 aromatic carbocycles. The van der Waals surface area contributed by atoms with Crippen LogP contribution in [0.3, 0.4) is 0 Å². The Morgan fingerprint density at radius 3 is 2.42 bits per heavy atom. The lowest BCUT2D eigenvalue weighted by atomic mass is 9.90. The van der Waals surface area contributed by atoms with Crippen LogP contribution < -0.4 is 5.73 Å². The first kappa shape index (κ1) is 14.5. The van der Waals surface area contributed by atoms with Gasteiger partial charge >= 0.3 is 0 Å². The first-order chi connectivity index (χ1) is 9.22. The molecule has 19 heavy (non-hydrogen) atoms. The van der Waals surface area contributed by atoms with Gasteiger partial charge in [0.2, 0.25) is 5.89 Å². The number of nitrogens with two attached hydrogens (primary N) is 1. The average molecular weight is 265 g/mol. The molecule has 4 nitrogen and oxygen atoms in total. The summed E-state index contributed by atoms with van der Waals surface area (Å²) in [7, 11) is 0. The average Bonchev–Trinajstić information content (AvgIpc) is 2.78. The minimum Gasteiger partial charge on any atom is -0.339 e. The Balaban J connectivity index is 2.06. The van der Waals surface area contributed by atoms with Gasteiger partial charge in [-0.2, -0.15) is 4.98 Å². The first-order valence-electron chi connectivity index (χ1n) is 7.81. The fourth-order valence-electron chi connectivity index (χ4n) is 3.05. The summed E-state index contributed by atoms with van der Waals surface area (Å²) in [6.07, 6.45) is 10.0. The maximum atomic E-state index is 5.98. The van der Waals surface area contributed by atoms with Crippen molar-refractivity contribution in [2.24, 2.45) is 5.73 Å². The summed E-state index contributed by atoms with van der Waals surface area (Å²) in [5.74, 6) is 2.32. The van der Waals surface area contributed by atoms with Crippen LogP contribution in [-0.4, -0.2) is 16.2 Å². The lowest BCUT2D eigenvalue weighted by Gasteiger charge is -2.16. The minimum absolute atomic E-state index is 0.0654. The van der Waals surface area contributed by atoms with Crippen molar-refractivity contribution in [2.45, 2.75) is 83.1 Å². The molecule has 2 rings (SSSR count). The van der Waals surface area contributed by atoms with E-state index >= 15 is 0 Å². The molecule has 2 atom stereocenters. The molecular weight excluding hydrogens is 238 g/mol. The van der Waals surface area contributed by atoms with E-state index in [0.717, 1.165) is 18.1 Å². The van der Waals surface area contributed by atoms with Crippen LogP contribution in [0.25, 0.3) is 0 Å². The number of rotatable bonds is 4. The maximum absolute atomic E-state index is 5.98. The van der Waals surface area contributed by atoms with Gasteiger partial charge in [0.25, 0.3) is 0 Å². The van der Waals surface area contributed by atoms with Crippen molar-refractivity contribution >= 4 is 0 Å². The summed E-state index contributed by atoms with van der Waals surface area (Å²) >= 11 is 0. The van der Waals surface area contributed by atoms with Gasteiger partial charge in [-0.1, -0.05) is 44.2 Å². The molecule has 1 heterocycles. The van der Waals surface area contributed by atoms with Crippen LogP contribution in [0.2, 0.25) is 0 Å². The molecule has 2 unspecified atom stereocenters. The highest BCUT2D eigenvalue weighted by Gasteiger charge is 2.24. The molecule has 1 aromatic heterocycles. The summed E-state index contributed by atoms with van der Waals surface area (Å²) in [4.78, 5) is 4.64. The number of hydrogen-bond donors (Lipinski definition) is 1. The van der Waals surface area contributed by atoms with Crippen molar-refractivity contribution in [3.05, 3.63) is 11.7 Å². The lowest BCUT2D eigenvalue weighted by Crippen LogP contribution is -2.24. The highest BCUT2D eigenvalue weighted by atomic mass is 16.5. The Morgan fingerprint density at radius 1 is 1.21 bits per heavy atom. The largest absolute Gasteiger partial charge is 0.339 e. The Hall–Kier alpha value is -0.900. The van der Waals surface area contributed by atoms with Gasteiger partial charge in [0, 0.05) is 12.0 Å². The third-order valence-electron chi connectivity index (χ3n) is 4.32. The summed E-state index contributed by atoms with van der Waals surface area (Å²) in [5.41, 5.74) is 5.98. The van der Waals surface area contributed by atoms with Gasteiger partial charge in [0.15, 0.2) is 5.82 Å². The maximum Gasteiger partial charge on any atom is 0.231 e. The van der Waals surface area contributed by atoms with E-state index in [9.17, 15) is 0 Å². The molecule has 0 saturated heterocycles. The second-order valence-electron chi connectivity index (χ2n) is 5.91. The van der Waals surface area contributed by atoms with E-state index < -0.39 is 0 Å². The van der Waals surface area contributed by atoms with Crippen LogP contribution >= 0.6 is 0 Å². The highest BCUT2D eigenvalue weighted by molar-refractivity contribution is 5.01. The van der Waals surface area contributed by atoms with Gasteiger partial charge in [-0.05, 0) is 26.2 Å². The highest BCUT2D eigenvalue weighted by Crippen LogP contribution is 2.30. The van der Waals surface area contributed by atoms with Crippen molar-refractivity contribution in [1.29, 1.82) is 0 Å². The second-order valence-corrected chi connectivity index (χ2v) is 5.91. The van der Waals surface area contributed by atoms with E-state index in [1.165, 1.54) is 44.9 Å². The van der Waals surface area contributed by atoms with Crippen LogP contribution in [0.15, 0.2) is 4.52 Å². The smallest absolute Gasteiger partial charge is 0.231 e. The first-order valence-corrected chi connectivity index (χ1v) is 7.81. The zero-order valence-corrected chi connectivity index (χ0v) is 12.3. The molecule has 1 aliphatic rings. The van der Waals surface area contributed by atoms with Crippen molar-refractivity contribution in [3.8, 4) is 0 Å². The van der Waals surface area contributed by atoms with E-state index in [0.29, 0.717) is 5.92 Å². The molecule has 0 spiro atoms. The Labute approximate surface area is 116 Å². The third-order valence-corrected chi connectivity index (χ3v) is 4.32. The second kappa shape index (κ2) is 7.04. The minimum atomic E-state index is 0.0654. The number of nitrogens with zero attached hydrogens (tertiary/aromatic N) is 2. The third kappa shape index (κ3) is 3.78. The van der Waals surface area contributed by atoms with E-state index in [-0.39, 0.29) is 12.0 Å². The molecule has 1 aliphatic carbocycles. The molecule has 1 aromatic rings. The zero-order valence-electron chi connectivity index (χ0n) is 12.3. The van der Waals surface area contributed by atoms with E-state index in [4.69, 9.17) is 10.3 Å². The molecule has 108 valence electrons. The molecule has 4 heteroatoms. The van der Waals surface area contributed by atoms with Gasteiger partial charge in [-0.25, -0.2) is 0 Å². The predicted octanol–water partition coefficient (Wildman–Crippen LogP) is 3.74. The Kier molecular flexibility index (Phi) is 5.37. The van der Waals surface area contributed by atoms with Crippen LogP contribution in [0, 0.1) is 0 Å². The number of aromatic nitrogens is 2. The lowest BCUT2D eigenvalue weighted by molar-refractivity contribution is 0.326. The van der Waals surface area contributed by atoms with Crippen molar-refractivity contribution in [3.63, 3.8) is 0 Å². The monoisotopic (exact) mass is 265 g/mol. The van der Waals surface area contributed by atoms with Gasteiger partial charge in [0.05, 0.1) is 5.92 Å². The van der Waals surface area contributed by atoms with Gasteiger partial charge in [0.1, 0.15) is 0 Å². The van der Waals surface area contributed by atoms with Crippen LogP contribution in [0.4, 0.5) is 0 Å². The van der Waals surface area contributed by atoms with Gasteiger partial charge in [-0.3, -0.25) is 0 Å². The van der Waals surface area contributed by atoms with E-state index in [1.807, 2.05) is 6.92 Å². The Bertz CT molecular complexity index is 367. The van der Waals surface area contributed by atoms with Crippen molar-refractivity contribution in [2.75, 3.05) is 0 Å². The Morgan fingerprint density at radius 2 is 1.84 bits per heavy atom. The molecular formula is C15H27N3O. The van der Waals surface area contributed by atoms with E-state index in [2.05, 4.69) is 17.1 Å². The number of hydrogen-bond acceptors (Lipinski definition) is 4. The fourth-order valence-corrected chi connectivity index (χ4v) is 3.05. The molecule has 0 aliphatic heterocycles. The summed E-state index contributed by atoms with van der Waals surface area (Å²) in [6, 6.07) is 0.0654. The van der Waals surface area contributed by atoms with E-state index in [1.54, 1.807) is 0 Å². The topological polar surface area (TPSA) is 64.9 Å². The van der Waals surface area contributed by atoms with Crippen molar-refractivity contribution in [1.82, 2.24) is 10.1 Å². The standard InChI is InChI=1S/C15H27N3O/c1-3-13(11(2)16)15-17-14(18-19-15)12-9-7-5-4-6-8-10-12/h11-13H,3-10,16H2,1-2H3. The van der Waals surface area contributed by atoms with Crippen LogP contribution in [0.5, 0.6) is 0 Å². The molecule has 0 radical (unpaired) electrons. The van der Waals surface area contributed by atoms with Crippen molar-refractivity contribution < 1.29 is 4.52 Å². The molecule has 0 bridgehead atoms. The van der Waals surface area contributed by atoms with Gasteiger partial charge < -0.3 is 10.3 Å². The van der Waals surface area contributed by atoms with Gasteiger partial charge in [-0.15, -0.1) is 0 Å². The molecule has 1 saturated carbocycles. The SMILES string of the molecule is CCC(c1nc(C2CCCCCCC2)no1)C(C)N. The zero-order chi connectivity index (χ0) is 13.7. The summed E-state index contributed by atoms with van der Waals surface area (Å²) < 4.78 is 5.46. The normalized spacial score (nSPS) is 21.6.